The highest BCUT2D eigenvalue weighted by Gasteiger charge is 2.28. The topological polar surface area (TPSA) is 95.7 Å². The standard InChI is InChI=1S/C22H21FN4O4/c1-2-25-8-9-26(13-20(25)30)22(31)16-10-14(6-7-17(16)23)12-27-21-15(19(29)11-24-27)4-3-5-18(21)28/h3-7,10-11,28H,2,8-9,12-13H2,1H3. The second-order valence-corrected chi connectivity index (χ2v) is 7.35. The molecule has 3 aromatic rings. The van der Waals surface area contributed by atoms with Gasteiger partial charge in [-0.15, -0.1) is 0 Å². The second kappa shape index (κ2) is 8.17. The number of amides is 2. The molecule has 8 nitrogen and oxygen atoms in total. The molecule has 2 aromatic carbocycles. The van der Waals surface area contributed by atoms with Crippen molar-refractivity contribution in [2.24, 2.45) is 0 Å². The lowest BCUT2D eigenvalue weighted by molar-refractivity contribution is -0.134. The molecule has 1 N–H and O–H groups in total. The van der Waals surface area contributed by atoms with Crippen LogP contribution in [0.15, 0.2) is 47.4 Å². The van der Waals surface area contributed by atoms with Crippen molar-refractivity contribution < 1.29 is 19.1 Å². The highest BCUT2D eigenvalue weighted by Crippen LogP contribution is 2.22. The molecule has 0 bridgehead atoms. The van der Waals surface area contributed by atoms with E-state index >= 15 is 0 Å². The summed E-state index contributed by atoms with van der Waals surface area (Å²) >= 11 is 0. The van der Waals surface area contributed by atoms with E-state index in [9.17, 15) is 23.9 Å². The smallest absolute Gasteiger partial charge is 0.257 e. The second-order valence-electron chi connectivity index (χ2n) is 7.35. The summed E-state index contributed by atoms with van der Waals surface area (Å²) in [6, 6.07) is 8.72. The molecule has 1 saturated heterocycles. The summed E-state index contributed by atoms with van der Waals surface area (Å²) in [5.41, 5.74) is 0.357. The Balaban J connectivity index is 1.65. The van der Waals surface area contributed by atoms with Crippen LogP contribution in [0.1, 0.15) is 22.8 Å². The monoisotopic (exact) mass is 424 g/mol. The largest absolute Gasteiger partial charge is 0.506 e. The predicted octanol–water partition coefficient (Wildman–Crippen LogP) is 1.59. The van der Waals surface area contributed by atoms with Crippen LogP contribution >= 0.6 is 0 Å². The number of nitrogens with zero attached hydrogens (tertiary/aromatic N) is 4. The zero-order chi connectivity index (χ0) is 22.1. The van der Waals surface area contributed by atoms with Crippen molar-refractivity contribution >= 4 is 22.7 Å². The number of piperazine rings is 1. The van der Waals surface area contributed by atoms with Crippen molar-refractivity contribution in [2.45, 2.75) is 13.5 Å². The Morgan fingerprint density at radius 1 is 1.19 bits per heavy atom. The van der Waals surface area contributed by atoms with Gasteiger partial charge in [0, 0.05) is 19.6 Å². The minimum absolute atomic E-state index is 0.0872. The first-order valence-corrected chi connectivity index (χ1v) is 9.92. The average molecular weight is 424 g/mol. The van der Waals surface area contributed by atoms with Crippen LogP contribution in [0.4, 0.5) is 4.39 Å². The van der Waals surface area contributed by atoms with Gasteiger partial charge in [-0.3, -0.25) is 19.1 Å². The molecule has 2 amide bonds. The van der Waals surface area contributed by atoms with Gasteiger partial charge in [-0.05, 0) is 36.8 Å². The maximum absolute atomic E-state index is 14.5. The average Bonchev–Trinajstić information content (AvgIpc) is 2.76. The molecule has 0 saturated carbocycles. The van der Waals surface area contributed by atoms with Crippen LogP contribution in [0.5, 0.6) is 5.75 Å². The molecule has 0 unspecified atom stereocenters. The Labute approximate surface area is 177 Å². The summed E-state index contributed by atoms with van der Waals surface area (Å²) in [5, 5.41) is 14.6. The van der Waals surface area contributed by atoms with E-state index in [1.165, 1.54) is 33.8 Å². The molecular formula is C22H21FN4O4. The van der Waals surface area contributed by atoms with Crippen molar-refractivity contribution in [3.8, 4) is 5.75 Å². The maximum atomic E-state index is 14.5. The van der Waals surface area contributed by atoms with Gasteiger partial charge in [-0.2, -0.15) is 5.10 Å². The van der Waals surface area contributed by atoms with E-state index in [-0.39, 0.29) is 41.3 Å². The molecular weight excluding hydrogens is 403 g/mol. The van der Waals surface area contributed by atoms with Crippen LogP contribution in [0.25, 0.3) is 10.9 Å². The molecule has 1 aliphatic heterocycles. The highest BCUT2D eigenvalue weighted by atomic mass is 19.1. The molecule has 4 rings (SSSR count). The van der Waals surface area contributed by atoms with Crippen molar-refractivity contribution in [1.29, 1.82) is 0 Å². The van der Waals surface area contributed by atoms with E-state index in [2.05, 4.69) is 5.10 Å². The minimum Gasteiger partial charge on any atom is -0.506 e. The summed E-state index contributed by atoms with van der Waals surface area (Å²) in [5.74, 6) is -1.50. The van der Waals surface area contributed by atoms with E-state index in [0.29, 0.717) is 30.6 Å². The molecule has 0 radical (unpaired) electrons. The number of phenolic OH excluding ortho intramolecular Hbond substituents is 1. The van der Waals surface area contributed by atoms with Crippen molar-refractivity contribution in [3.05, 3.63) is 69.8 Å². The first-order chi connectivity index (χ1) is 14.9. The van der Waals surface area contributed by atoms with Crippen molar-refractivity contribution in [3.63, 3.8) is 0 Å². The number of aromatic nitrogens is 2. The number of rotatable bonds is 4. The van der Waals surface area contributed by atoms with Gasteiger partial charge in [-0.1, -0.05) is 12.1 Å². The third-order valence-electron chi connectivity index (χ3n) is 5.43. The van der Waals surface area contributed by atoms with Crippen LogP contribution in [0.3, 0.4) is 0 Å². The van der Waals surface area contributed by atoms with Crippen LogP contribution in [-0.2, 0) is 11.3 Å². The predicted molar refractivity (Wildman–Crippen MR) is 111 cm³/mol. The molecule has 31 heavy (non-hydrogen) atoms. The van der Waals surface area contributed by atoms with Gasteiger partial charge in [0.15, 0.2) is 0 Å². The molecule has 1 aliphatic rings. The Hall–Kier alpha value is -3.75. The van der Waals surface area contributed by atoms with Gasteiger partial charge < -0.3 is 14.9 Å². The fourth-order valence-electron chi connectivity index (χ4n) is 3.76. The summed E-state index contributed by atoms with van der Waals surface area (Å²) in [4.78, 5) is 40.1. The molecule has 0 spiro atoms. The third-order valence-corrected chi connectivity index (χ3v) is 5.43. The third kappa shape index (κ3) is 3.86. The van der Waals surface area contributed by atoms with Crippen molar-refractivity contribution in [2.75, 3.05) is 26.2 Å². The Morgan fingerprint density at radius 3 is 2.74 bits per heavy atom. The minimum atomic E-state index is -0.681. The van der Waals surface area contributed by atoms with Gasteiger partial charge >= 0.3 is 0 Å². The summed E-state index contributed by atoms with van der Waals surface area (Å²) in [7, 11) is 0. The first kappa shape index (κ1) is 20.5. The van der Waals surface area contributed by atoms with E-state index in [1.807, 2.05) is 6.92 Å². The number of likely N-dealkylation sites (N-methyl/N-ethyl adjacent to an activating group) is 1. The Kier molecular flexibility index (Phi) is 5.41. The molecule has 160 valence electrons. The number of phenols is 1. The molecule has 0 atom stereocenters. The maximum Gasteiger partial charge on any atom is 0.257 e. The molecule has 1 fully saturated rings. The van der Waals surface area contributed by atoms with E-state index in [4.69, 9.17) is 0 Å². The lowest BCUT2D eigenvalue weighted by atomic mass is 10.1. The van der Waals surface area contributed by atoms with E-state index < -0.39 is 11.7 Å². The number of para-hydroxylation sites is 1. The van der Waals surface area contributed by atoms with Gasteiger partial charge in [0.25, 0.3) is 5.91 Å². The number of fused-ring (bicyclic) bond motifs is 1. The quantitative estimate of drug-likeness (QED) is 0.686. The summed E-state index contributed by atoms with van der Waals surface area (Å²) < 4.78 is 15.9. The number of benzene rings is 2. The van der Waals surface area contributed by atoms with Crippen LogP contribution in [-0.4, -0.2) is 62.7 Å². The van der Waals surface area contributed by atoms with Gasteiger partial charge in [0.1, 0.15) is 23.6 Å². The number of aromatic hydroxyl groups is 1. The lowest BCUT2D eigenvalue weighted by Gasteiger charge is -2.33. The molecule has 1 aromatic heterocycles. The Morgan fingerprint density at radius 2 is 2.00 bits per heavy atom. The van der Waals surface area contributed by atoms with Crippen molar-refractivity contribution in [1.82, 2.24) is 19.6 Å². The van der Waals surface area contributed by atoms with E-state index in [0.717, 1.165) is 6.20 Å². The van der Waals surface area contributed by atoms with Gasteiger partial charge in [0.05, 0.1) is 23.7 Å². The van der Waals surface area contributed by atoms with Gasteiger partial charge in [-0.25, -0.2) is 4.39 Å². The van der Waals surface area contributed by atoms with E-state index in [1.54, 1.807) is 17.0 Å². The number of hydrogen-bond donors (Lipinski definition) is 1. The number of carbonyl (C=O) groups excluding carboxylic acids is 2. The summed E-state index contributed by atoms with van der Waals surface area (Å²) in [6.07, 6.45) is 1.15. The fourth-order valence-corrected chi connectivity index (χ4v) is 3.76. The van der Waals surface area contributed by atoms with Crippen LogP contribution in [0, 0.1) is 5.82 Å². The van der Waals surface area contributed by atoms with Gasteiger partial charge in [0.2, 0.25) is 11.3 Å². The highest BCUT2D eigenvalue weighted by molar-refractivity contribution is 5.97. The number of carbonyl (C=O) groups is 2. The van der Waals surface area contributed by atoms with Crippen LogP contribution in [0.2, 0.25) is 0 Å². The SMILES string of the molecule is CCN1CCN(C(=O)c2cc(Cn3ncc(=O)c4cccc(O)c43)ccc2F)CC1=O. The molecule has 0 aliphatic carbocycles. The molecule has 9 heteroatoms. The summed E-state index contributed by atoms with van der Waals surface area (Å²) in [6.45, 7) is 3.20. The normalized spacial score (nSPS) is 14.3. The fraction of sp³-hybridized carbons (Fsp3) is 0.273. The first-order valence-electron chi connectivity index (χ1n) is 9.92. The number of hydrogen-bond acceptors (Lipinski definition) is 5. The zero-order valence-corrected chi connectivity index (χ0v) is 16.9. The number of halogens is 1. The zero-order valence-electron chi connectivity index (χ0n) is 16.9. The van der Waals surface area contributed by atoms with Crippen LogP contribution < -0.4 is 5.43 Å². The Bertz CT molecular complexity index is 1240. The molecule has 2 heterocycles. The lowest BCUT2D eigenvalue weighted by Crippen LogP contribution is -2.52.